The van der Waals surface area contributed by atoms with E-state index < -0.39 is 11.8 Å². The summed E-state index contributed by atoms with van der Waals surface area (Å²) in [6.07, 6.45) is 0.991. The fourth-order valence-electron chi connectivity index (χ4n) is 3.88. The number of para-hydroxylation sites is 1. The third kappa shape index (κ3) is 5.03. The lowest BCUT2D eigenvalue weighted by Gasteiger charge is -2.40. The molecular weight excluding hydrogens is 443 g/mol. The first-order valence-corrected chi connectivity index (χ1v) is 11.7. The summed E-state index contributed by atoms with van der Waals surface area (Å²) in [5.41, 5.74) is 2.73. The standard InChI is InChI=1S/C24H25FN4O3S/c1-3-32-22(30)20-15(2)26-24-29(13-6-14-33-24)21(20)16-9-11-17(12-10-16)27-23(31)28-19-8-5-4-7-18(19)25/h4-5,7-12,21H,3,6,13-14H2,1-2H3,(H2,27,28,31). The van der Waals surface area contributed by atoms with Crippen LogP contribution in [0.4, 0.5) is 20.6 Å². The zero-order chi connectivity index (χ0) is 23.4. The second-order valence-electron chi connectivity index (χ2n) is 7.59. The molecule has 1 fully saturated rings. The van der Waals surface area contributed by atoms with Crippen LogP contribution in [0.1, 0.15) is 31.9 Å². The summed E-state index contributed by atoms with van der Waals surface area (Å²) >= 11 is 1.68. The topological polar surface area (TPSA) is 83.0 Å². The second kappa shape index (κ2) is 10.1. The van der Waals surface area contributed by atoms with Crippen molar-refractivity contribution in [2.24, 2.45) is 4.99 Å². The Morgan fingerprint density at radius 1 is 1.18 bits per heavy atom. The van der Waals surface area contributed by atoms with Crippen LogP contribution in [0.5, 0.6) is 0 Å². The number of ether oxygens (including phenoxy) is 1. The van der Waals surface area contributed by atoms with Crippen molar-refractivity contribution in [2.45, 2.75) is 26.3 Å². The molecule has 4 rings (SSSR count). The summed E-state index contributed by atoms with van der Waals surface area (Å²) in [4.78, 5) is 31.9. The van der Waals surface area contributed by atoms with Gasteiger partial charge in [-0.1, -0.05) is 36.0 Å². The van der Waals surface area contributed by atoms with Crippen LogP contribution in [0.3, 0.4) is 0 Å². The van der Waals surface area contributed by atoms with Gasteiger partial charge in [-0.15, -0.1) is 0 Å². The highest BCUT2D eigenvalue weighted by atomic mass is 32.2. The number of esters is 1. The molecule has 33 heavy (non-hydrogen) atoms. The number of hydrogen-bond acceptors (Lipinski definition) is 6. The quantitative estimate of drug-likeness (QED) is 0.593. The van der Waals surface area contributed by atoms with Crippen molar-refractivity contribution < 1.29 is 18.7 Å². The van der Waals surface area contributed by atoms with Gasteiger partial charge in [-0.25, -0.2) is 19.0 Å². The molecule has 172 valence electrons. The molecule has 2 aromatic carbocycles. The molecule has 0 aliphatic carbocycles. The van der Waals surface area contributed by atoms with Gasteiger partial charge in [0.2, 0.25) is 0 Å². The minimum atomic E-state index is -0.546. The number of fused-ring (bicyclic) bond motifs is 1. The first-order chi connectivity index (χ1) is 16.0. The molecule has 1 saturated heterocycles. The third-order valence-corrected chi connectivity index (χ3v) is 6.44. The number of amidine groups is 1. The van der Waals surface area contributed by atoms with Gasteiger partial charge in [-0.2, -0.15) is 0 Å². The van der Waals surface area contributed by atoms with Gasteiger partial charge in [-0.3, -0.25) is 0 Å². The Labute approximate surface area is 196 Å². The highest BCUT2D eigenvalue weighted by molar-refractivity contribution is 8.13. The smallest absolute Gasteiger partial charge is 0.338 e. The van der Waals surface area contributed by atoms with Gasteiger partial charge in [-0.05, 0) is 50.1 Å². The van der Waals surface area contributed by atoms with E-state index in [1.807, 2.05) is 19.1 Å². The van der Waals surface area contributed by atoms with Crippen LogP contribution >= 0.6 is 11.8 Å². The van der Waals surface area contributed by atoms with Gasteiger partial charge in [0.15, 0.2) is 5.17 Å². The molecule has 7 nitrogen and oxygen atoms in total. The van der Waals surface area contributed by atoms with E-state index in [2.05, 4.69) is 20.5 Å². The number of benzene rings is 2. The van der Waals surface area contributed by atoms with Crippen LogP contribution in [0, 0.1) is 5.82 Å². The predicted octanol–water partition coefficient (Wildman–Crippen LogP) is 5.16. The lowest BCUT2D eigenvalue weighted by atomic mass is 9.94. The first-order valence-electron chi connectivity index (χ1n) is 10.8. The van der Waals surface area contributed by atoms with Gasteiger partial charge in [0, 0.05) is 18.0 Å². The largest absolute Gasteiger partial charge is 0.463 e. The molecule has 2 heterocycles. The zero-order valence-corrected chi connectivity index (χ0v) is 19.2. The Hall–Kier alpha value is -3.33. The van der Waals surface area contributed by atoms with E-state index in [0.29, 0.717) is 17.0 Å². The Kier molecular flexibility index (Phi) is 6.98. The molecule has 0 aromatic heterocycles. The maximum absolute atomic E-state index is 13.8. The highest BCUT2D eigenvalue weighted by Gasteiger charge is 2.37. The number of rotatable bonds is 5. The summed E-state index contributed by atoms with van der Waals surface area (Å²) in [5, 5.41) is 6.11. The number of carbonyl (C=O) groups excluding carboxylic acids is 2. The number of nitrogens with zero attached hydrogens (tertiary/aromatic N) is 2. The average Bonchev–Trinajstić information content (AvgIpc) is 2.80. The summed E-state index contributed by atoms with van der Waals surface area (Å²) < 4.78 is 19.1. The number of thioether (sulfide) groups is 1. The van der Waals surface area contributed by atoms with Gasteiger partial charge in [0.05, 0.1) is 29.6 Å². The van der Waals surface area contributed by atoms with E-state index in [1.165, 1.54) is 12.1 Å². The third-order valence-electron chi connectivity index (χ3n) is 5.36. The molecule has 2 aliphatic rings. The number of amides is 2. The Morgan fingerprint density at radius 2 is 1.94 bits per heavy atom. The number of nitrogens with one attached hydrogen (secondary N) is 2. The van der Waals surface area contributed by atoms with Crippen molar-refractivity contribution in [1.29, 1.82) is 0 Å². The molecule has 0 radical (unpaired) electrons. The molecule has 9 heteroatoms. The van der Waals surface area contributed by atoms with Crippen molar-refractivity contribution >= 4 is 40.3 Å². The normalized spacial score (nSPS) is 17.7. The van der Waals surface area contributed by atoms with Crippen molar-refractivity contribution in [3.05, 3.63) is 71.2 Å². The zero-order valence-electron chi connectivity index (χ0n) is 18.4. The molecular formula is C24H25FN4O3S. The van der Waals surface area contributed by atoms with Crippen molar-refractivity contribution in [1.82, 2.24) is 4.90 Å². The number of urea groups is 1. The van der Waals surface area contributed by atoms with E-state index in [-0.39, 0.29) is 24.3 Å². The SMILES string of the molecule is CCOC(=O)C1=C(C)N=C2SCCCN2C1c1ccc(NC(=O)Nc2ccccc2F)cc1. The maximum atomic E-state index is 13.8. The van der Waals surface area contributed by atoms with Crippen LogP contribution in [0.25, 0.3) is 0 Å². The number of allylic oxidation sites excluding steroid dienone is 1. The monoisotopic (exact) mass is 468 g/mol. The molecule has 0 saturated carbocycles. The fourth-order valence-corrected chi connectivity index (χ4v) is 4.90. The molecule has 2 aliphatic heterocycles. The predicted molar refractivity (Wildman–Crippen MR) is 129 cm³/mol. The van der Waals surface area contributed by atoms with Crippen molar-refractivity contribution in [3.8, 4) is 0 Å². The lowest BCUT2D eigenvalue weighted by molar-refractivity contribution is -0.139. The van der Waals surface area contributed by atoms with Gasteiger partial charge < -0.3 is 20.3 Å². The van der Waals surface area contributed by atoms with E-state index in [9.17, 15) is 14.0 Å². The first kappa shape index (κ1) is 22.8. The number of halogens is 1. The molecule has 2 amide bonds. The van der Waals surface area contributed by atoms with Crippen LogP contribution < -0.4 is 10.6 Å². The number of anilines is 2. The van der Waals surface area contributed by atoms with Crippen LogP contribution in [0.2, 0.25) is 0 Å². The Balaban J connectivity index is 1.56. The van der Waals surface area contributed by atoms with Crippen LogP contribution in [-0.4, -0.2) is 41.0 Å². The van der Waals surface area contributed by atoms with E-state index in [4.69, 9.17) is 4.74 Å². The van der Waals surface area contributed by atoms with Crippen LogP contribution in [-0.2, 0) is 9.53 Å². The number of hydrogen-bond donors (Lipinski definition) is 2. The van der Waals surface area contributed by atoms with Crippen molar-refractivity contribution in [2.75, 3.05) is 29.5 Å². The number of carbonyl (C=O) groups is 2. The van der Waals surface area contributed by atoms with Crippen molar-refractivity contribution in [3.63, 3.8) is 0 Å². The highest BCUT2D eigenvalue weighted by Crippen LogP contribution is 2.40. The Morgan fingerprint density at radius 3 is 2.67 bits per heavy atom. The van der Waals surface area contributed by atoms with Gasteiger partial charge in [0.1, 0.15) is 5.82 Å². The van der Waals surface area contributed by atoms with E-state index in [1.54, 1.807) is 43.0 Å². The molecule has 1 unspecified atom stereocenters. The van der Waals surface area contributed by atoms with Gasteiger partial charge >= 0.3 is 12.0 Å². The molecule has 1 atom stereocenters. The summed E-state index contributed by atoms with van der Waals surface area (Å²) in [7, 11) is 0. The average molecular weight is 469 g/mol. The number of aliphatic imine (C=N–C) groups is 1. The summed E-state index contributed by atoms with van der Waals surface area (Å²) in [5.74, 6) is 0.111. The lowest BCUT2D eigenvalue weighted by Crippen LogP contribution is -2.42. The Bertz CT molecular complexity index is 1120. The minimum Gasteiger partial charge on any atom is -0.463 e. The summed E-state index contributed by atoms with van der Waals surface area (Å²) in [6.45, 7) is 4.69. The fraction of sp³-hybridized carbons (Fsp3) is 0.292. The molecule has 2 N–H and O–H groups in total. The maximum Gasteiger partial charge on any atom is 0.338 e. The van der Waals surface area contributed by atoms with E-state index >= 15 is 0 Å². The summed E-state index contributed by atoms with van der Waals surface area (Å²) in [6, 6.07) is 12.4. The van der Waals surface area contributed by atoms with E-state index in [0.717, 1.165) is 29.4 Å². The van der Waals surface area contributed by atoms with Gasteiger partial charge in [0.25, 0.3) is 0 Å². The molecule has 0 spiro atoms. The van der Waals surface area contributed by atoms with Crippen LogP contribution in [0.15, 0.2) is 64.8 Å². The molecule has 0 bridgehead atoms. The second-order valence-corrected chi connectivity index (χ2v) is 8.65. The molecule has 2 aromatic rings. The minimum absolute atomic E-state index is 0.0999.